The maximum atomic E-state index is 13.4. The lowest BCUT2D eigenvalue weighted by molar-refractivity contribution is 0.174. The molecule has 1 heterocycles. The number of aromatic nitrogens is 2. The van der Waals surface area contributed by atoms with Crippen molar-refractivity contribution in [1.29, 1.82) is 0 Å². The van der Waals surface area contributed by atoms with Crippen molar-refractivity contribution in [3.8, 4) is 0 Å². The van der Waals surface area contributed by atoms with Crippen LogP contribution in [0, 0.1) is 12.7 Å². The third kappa shape index (κ3) is 3.27. The summed E-state index contributed by atoms with van der Waals surface area (Å²) in [5.74, 6) is -0.348. The molecule has 1 N–H and O–H groups in total. The van der Waals surface area contributed by atoms with Gasteiger partial charge in [0.05, 0.1) is 22.5 Å². The van der Waals surface area contributed by atoms with Crippen LogP contribution in [0.3, 0.4) is 0 Å². The summed E-state index contributed by atoms with van der Waals surface area (Å²) in [5, 5.41) is 15.5. The highest BCUT2D eigenvalue weighted by molar-refractivity contribution is 6.31. The molecule has 0 radical (unpaired) electrons. The van der Waals surface area contributed by atoms with E-state index in [2.05, 4.69) is 5.10 Å². The molecule has 3 nitrogen and oxygen atoms in total. The lowest BCUT2D eigenvalue weighted by Crippen LogP contribution is -2.10. The largest absolute Gasteiger partial charge is 0.388 e. The summed E-state index contributed by atoms with van der Waals surface area (Å²) < 4.78 is 15.2. The van der Waals surface area contributed by atoms with E-state index >= 15 is 0 Å². The topological polar surface area (TPSA) is 38.0 Å². The highest BCUT2D eigenvalue weighted by Crippen LogP contribution is 2.28. The third-order valence-electron chi connectivity index (χ3n) is 3.68. The number of rotatable bonds is 5. The number of aliphatic hydroxyl groups excluding tert-OH is 1. The summed E-state index contributed by atoms with van der Waals surface area (Å²) in [7, 11) is 0. The SMILES string of the molecule is CCc1nn(CC)c(CC(O)c2cc(F)ccc2C)c1Cl. The van der Waals surface area contributed by atoms with Gasteiger partial charge in [-0.05, 0) is 43.5 Å². The van der Waals surface area contributed by atoms with Crippen LogP contribution in [0.1, 0.15) is 42.5 Å². The average Bonchev–Trinajstić information content (AvgIpc) is 2.77. The summed E-state index contributed by atoms with van der Waals surface area (Å²) in [6.07, 6.45) is 0.266. The lowest BCUT2D eigenvalue weighted by Gasteiger charge is -2.15. The molecule has 0 aliphatic carbocycles. The Morgan fingerprint density at radius 1 is 1.38 bits per heavy atom. The second-order valence-corrected chi connectivity index (χ2v) is 5.48. The summed E-state index contributed by atoms with van der Waals surface area (Å²) in [6.45, 7) is 6.51. The Bertz CT molecular complexity index is 639. The Kier molecular flexibility index (Phi) is 5.01. The summed E-state index contributed by atoms with van der Waals surface area (Å²) in [6, 6.07) is 4.44. The van der Waals surface area contributed by atoms with Gasteiger partial charge in [-0.3, -0.25) is 4.68 Å². The van der Waals surface area contributed by atoms with E-state index in [0.29, 0.717) is 23.6 Å². The minimum absolute atomic E-state index is 0.323. The standard InChI is InChI=1S/C16H20ClFN2O/c1-4-13-16(17)14(20(5-2)19-13)9-15(21)12-8-11(18)7-6-10(12)3/h6-8,15,21H,4-5,9H2,1-3H3. The van der Waals surface area contributed by atoms with E-state index in [1.807, 2.05) is 20.8 Å². The first-order valence-corrected chi connectivity index (χ1v) is 7.53. The highest BCUT2D eigenvalue weighted by Gasteiger charge is 2.20. The molecule has 114 valence electrons. The summed E-state index contributed by atoms with van der Waals surface area (Å²) in [5.41, 5.74) is 3.08. The summed E-state index contributed by atoms with van der Waals surface area (Å²) in [4.78, 5) is 0. The minimum atomic E-state index is -0.801. The molecule has 1 atom stereocenters. The number of aliphatic hydroxyl groups is 1. The molecule has 0 spiro atoms. The smallest absolute Gasteiger partial charge is 0.123 e. The first kappa shape index (κ1) is 16.0. The van der Waals surface area contributed by atoms with Gasteiger partial charge in [-0.15, -0.1) is 0 Å². The van der Waals surface area contributed by atoms with Gasteiger partial charge in [0.2, 0.25) is 0 Å². The Morgan fingerprint density at radius 2 is 2.10 bits per heavy atom. The van der Waals surface area contributed by atoms with Gasteiger partial charge in [-0.25, -0.2) is 4.39 Å². The van der Waals surface area contributed by atoms with Crippen LogP contribution in [-0.2, 0) is 19.4 Å². The van der Waals surface area contributed by atoms with Crippen molar-refractivity contribution in [2.45, 2.75) is 46.3 Å². The first-order chi connectivity index (χ1) is 9.97. The van der Waals surface area contributed by atoms with Crippen LogP contribution in [0.25, 0.3) is 0 Å². The van der Waals surface area contributed by atoms with Gasteiger partial charge in [-0.2, -0.15) is 5.10 Å². The quantitative estimate of drug-likeness (QED) is 0.911. The number of benzene rings is 1. The van der Waals surface area contributed by atoms with Crippen LogP contribution in [0.15, 0.2) is 18.2 Å². The van der Waals surface area contributed by atoms with Crippen LogP contribution in [0.2, 0.25) is 5.02 Å². The third-order valence-corrected chi connectivity index (χ3v) is 4.12. The average molecular weight is 311 g/mol. The van der Waals surface area contributed by atoms with Crippen molar-refractivity contribution in [3.05, 3.63) is 51.6 Å². The zero-order valence-corrected chi connectivity index (χ0v) is 13.3. The molecule has 0 fully saturated rings. The van der Waals surface area contributed by atoms with Crippen molar-refractivity contribution in [2.75, 3.05) is 0 Å². The van der Waals surface area contributed by atoms with Crippen LogP contribution >= 0.6 is 11.6 Å². The minimum Gasteiger partial charge on any atom is -0.388 e. The van der Waals surface area contributed by atoms with E-state index in [1.165, 1.54) is 12.1 Å². The van der Waals surface area contributed by atoms with E-state index in [0.717, 1.165) is 23.4 Å². The molecule has 0 aliphatic rings. The van der Waals surface area contributed by atoms with Crippen LogP contribution in [0.4, 0.5) is 4.39 Å². The molecule has 2 aromatic rings. The maximum Gasteiger partial charge on any atom is 0.123 e. The number of halogens is 2. The number of aryl methyl sites for hydroxylation is 3. The molecule has 1 aromatic heterocycles. The fourth-order valence-electron chi connectivity index (χ4n) is 2.48. The maximum absolute atomic E-state index is 13.4. The van der Waals surface area contributed by atoms with Crippen molar-refractivity contribution in [2.24, 2.45) is 0 Å². The van der Waals surface area contributed by atoms with E-state index < -0.39 is 6.10 Å². The molecule has 0 amide bonds. The molecular weight excluding hydrogens is 291 g/mol. The fourth-order valence-corrected chi connectivity index (χ4v) is 2.82. The molecule has 5 heteroatoms. The number of hydrogen-bond donors (Lipinski definition) is 1. The molecule has 0 saturated heterocycles. The number of nitrogens with zero attached hydrogens (tertiary/aromatic N) is 2. The van der Waals surface area contributed by atoms with Gasteiger partial charge < -0.3 is 5.11 Å². The Hall–Kier alpha value is -1.39. The molecule has 2 rings (SSSR count). The zero-order chi connectivity index (χ0) is 15.6. The van der Waals surface area contributed by atoms with E-state index in [-0.39, 0.29) is 5.82 Å². The Labute approximate surface area is 129 Å². The monoisotopic (exact) mass is 310 g/mol. The molecule has 0 aliphatic heterocycles. The lowest BCUT2D eigenvalue weighted by atomic mass is 9.99. The normalized spacial score (nSPS) is 12.7. The van der Waals surface area contributed by atoms with E-state index in [9.17, 15) is 9.50 Å². The highest BCUT2D eigenvalue weighted by atomic mass is 35.5. The van der Waals surface area contributed by atoms with Crippen molar-refractivity contribution in [1.82, 2.24) is 9.78 Å². The second kappa shape index (κ2) is 6.58. The Balaban J connectivity index is 2.33. The predicted octanol–water partition coefficient (Wildman–Crippen LogP) is 3.84. The molecule has 1 aromatic carbocycles. The van der Waals surface area contributed by atoms with Gasteiger partial charge in [0.1, 0.15) is 5.82 Å². The molecule has 0 saturated carbocycles. The zero-order valence-electron chi connectivity index (χ0n) is 12.5. The van der Waals surface area contributed by atoms with Crippen LogP contribution < -0.4 is 0 Å². The van der Waals surface area contributed by atoms with E-state index in [1.54, 1.807) is 10.7 Å². The summed E-state index contributed by atoms with van der Waals surface area (Å²) >= 11 is 6.34. The van der Waals surface area contributed by atoms with Gasteiger partial charge in [0, 0.05) is 13.0 Å². The molecule has 21 heavy (non-hydrogen) atoms. The van der Waals surface area contributed by atoms with Gasteiger partial charge in [-0.1, -0.05) is 24.6 Å². The molecule has 1 unspecified atom stereocenters. The van der Waals surface area contributed by atoms with Crippen molar-refractivity contribution >= 4 is 11.6 Å². The Morgan fingerprint density at radius 3 is 2.71 bits per heavy atom. The van der Waals surface area contributed by atoms with Gasteiger partial charge in [0.25, 0.3) is 0 Å². The van der Waals surface area contributed by atoms with Gasteiger partial charge in [0.15, 0.2) is 0 Å². The molecule has 0 bridgehead atoms. The van der Waals surface area contributed by atoms with Gasteiger partial charge >= 0.3 is 0 Å². The fraction of sp³-hybridized carbons (Fsp3) is 0.438. The first-order valence-electron chi connectivity index (χ1n) is 7.16. The van der Waals surface area contributed by atoms with Crippen molar-refractivity contribution < 1.29 is 9.50 Å². The number of hydrogen-bond acceptors (Lipinski definition) is 2. The van der Waals surface area contributed by atoms with E-state index in [4.69, 9.17) is 11.6 Å². The van der Waals surface area contributed by atoms with Crippen LogP contribution in [0.5, 0.6) is 0 Å². The predicted molar refractivity (Wildman–Crippen MR) is 82.1 cm³/mol. The van der Waals surface area contributed by atoms with Crippen LogP contribution in [-0.4, -0.2) is 14.9 Å². The van der Waals surface area contributed by atoms with Crippen molar-refractivity contribution in [3.63, 3.8) is 0 Å². The second-order valence-electron chi connectivity index (χ2n) is 5.10. The molecular formula is C16H20ClFN2O.